The Balaban J connectivity index is 3.64. The average molecular weight is 260 g/mol. The molecule has 1 aromatic rings. The summed E-state index contributed by atoms with van der Waals surface area (Å²) in [6.07, 6.45) is 0. The molecular formula is C11H14F2O3Si. The van der Waals surface area contributed by atoms with Crippen molar-refractivity contribution in [2.45, 2.75) is 19.6 Å². The Morgan fingerprint density at radius 2 is 1.82 bits per heavy atom. The molecule has 0 saturated carbocycles. The molecule has 3 nitrogen and oxygen atoms in total. The lowest BCUT2D eigenvalue weighted by atomic mass is 10.2. The summed E-state index contributed by atoms with van der Waals surface area (Å²) in [5.41, 5.74) is -0.707. The summed E-state index contributed by atoms with van der Waals surface area (Å²) in [4.78, 5) is 10.8. The summed E-state index contributed by atoms with van der Waals surface area (Å²) >= 11 is 0. The Morgan fingerprint density at radius 3 is 2.18 bits per heavy atom. The Hall–Kier alpha value is -1.43. The second-order valence-electron chi connectivity index (χ2n) is 4.68. The van der Waals surface area contributed by atoms with Crippen LogP contribution < -0.4 is 9.92 Å². The SMILES string of the molecule is COc1cc(C(=O)O)c(F)c(F)c1[Si](C)(C)C. The first-order chi connectivity index (χ1) is 7.70. The van der Waals surface area contributed by atoms with Crippen molar-refractivity contribution in [1.29, 1.82) is 0 Å². The molecule has 1 rings (SSSR count). The Bertz CT molecular complexity index is 467. The number of halogens is 2. The molecule has 0 unspecified atom stereocenters. The molecule has 1 N–H and O–H groups in total. The first-order valence-electron chi connectivity index (χ1n) is 5.00. The van der Waals surface area contributed by atoms with E-state index in [2.05, 4.69) is 0 Å². The molecule has 6 heteroatoms. The lowest BCUT2D eigenvalue weighted by Crippen LogP contribution is -2.42. The van der Waals surface area contributed by atoms with Gasteiger partial charge in [-0.15, -0.1) is 0 Å². The van der Waals surface area contributed by atoms with E-state index in [4.69, 9.17) is 9.84 Å². The number of carboxylic acid groups (broad SMARTS) is 1. The van der Waals surface area contributed by atoms with Gasteiger partial charge in [0.2, 0.25) is 0 Å². The van der Waals surface area contributed by atoms with Crippen LogP contribution in [-0.4, -0.2) is 26.3 Å². The molecule has 0 amide bonds. The minimum Gasteiger partial charge on any atom is -0.497 e. The van der Waals surface area contributed by atoms with Gasteiger partial charge < -0.3 is 9.84 Å². The van der Waals surface area contributed by atoms with E-state index < -0.39 is 31.2 Å². The number of carbonyl (C=O) groups is 1. The van der Waals surface area contributed by atoms with Crippen LogP contribution >= 0.6 is 0 Å². The van der Waals surface area contributed by atoms with E-state index in [1.54, 1.807) is 0 Å². The summed E-state index contributed by atoms with van der Waals surface area (Å²) < 4.78 is 32.4. The minimum atomic E-state index is -2.17. The quantitative estimate of drug-likeness (QED) is 0.848. The predicted octanol–water partition coefficient (Wildman–Crippen LogP) is 2.22. The van der Waals surface area contributed by atoms with Gasteiger partial charge in [-0.1, -0.05) is 19.6 Å². The molecular weight excluding hydrogens is 246 g/mol. The molecule has 0 atom stereocenters. The van der Waals surface area contributed by atoms with Crippen molar-refractivity contribution in [1.82, 2.24) is 0 Å². The zero-order valence-corrected chi connectivity index (χ0v) is 11.1. The third kappa shape index (κ3) is 2.46. The van der Waals surface area contributed by atoms with Gasteiger partial charge in [0, 0.05) is 5.19 Å². The number of methoxy groups -OCH3 is 1. The molecule has 0 bridgehead atoms. The molecule has 0 aliphatic rings. The van der Waals surface area contributed by atoms with Crippen LogP contribution in [0.15, 0.2) is 6.07 Å². The highest BCUT2D eigenvalue weighted by molar-refractivity contribution is 6.89. The van der Waals surface area contributed by atoms with E-state index in [-0.39, 0.29) is 10.9 Å². The van der Waals surface area contributed by atoms with Gasteiger partial charge in [-0.3, -0.25) is 0 Å². The van der Waals surface area contributed by atoms with Crippen molar-refractivity contribution < 1.29 is 23.4 Å². The molecule has 0 radical (unpaired) electrons. The zero-order valence-electron chi connectivity index (χ0n) is 10.1. The highest BCUT2D eigenvalue weighted by Crippen LogP contribution is 2.22. The van der Waals surface area contributed by atoms with Crippen LogP contribution in [-0.2, 0) is 0 Å². The van der Waals surface area contributed by atoms with Gasteiger partial charge in [-0.05, 0) is 6.07 Å². The first kappa shape index (κ1) is 13.6. The lowest BCUT2D eigenvalue weighted by molar-refractivity contribution is 0.0690. The van der Waals surface area contributed by atoms with E-state index >= 15 is 0 Å². The molecule has 1 aromatic carbocycles. The summed E-state index contributed by atoms with van der Waals surface area (Å²) in [6.45, 7) is 5.48. The monoisotopic (exact) mass is 260 g/mol. The number of rotatable bonds is 3. The molecule has 0 spiro atoms. The summed E-state index contributed by atoms with van der Waals surface area (Å²) in [6, 6.07) is 1.04. The maximum atomic E-state index is 13.9. The number of hydrogen-bond donors (Lipinski definition) is 1. The van der Waals surface area contributed by atoms with E-state index in [0.717, 1.165) is 6.07 Å². The van der Waals surface area contributed by atoms with Crippen LogP contribution in [0.3, 0.4) is 0 Å². The van der Waals surface area contributed by atoms with E-state index in [0.29, 0.717) is 0 Å². The van der Waals surface area contributed by atoms with Gasteiger partial charge >= 0.3 is 5.97 Å². The van der Waals surface area contributed by atoms with Crippen LogP contribution in [0.4, 0.5) is 8.78 Å². The molecule has 94 valence electrons. The van der Waals surface area contributed by atoms with Crippen LogP contribution in [0.1, 0.15) is 10.4 Å². The lowest BCUT2D eigenvalue weighted by Gasteiger charge is -2.21. The van der Waals surface area contributed by atoms with Crippen molar-refractivity contribution in [2.75, 3.05) is 7.11 Å². The fourth-order valence-corrected chi connectivity index (χ4v) is 3.30. The standard InChI is InChI=1S/C11H14F2O3Si/c1-16-7-5-6(11(14)15)8(12)9(13)10(7)17(2,3)4/h5H,1-4H3,(H,14,15). The van der Waals surface area contributed by atoms with E-state index in [1.165, 1.54) is 7.11 Å². The third-order valence-electron chi connectivity index (χ3n) is 2.37. The maximum Gasteiger partial charge on any atom is 0.338 e. The van der Waals surface area contributed by atoms with E-state index in [9.17, 15) is 13.6 Å². The molecule has 0 heterocycles. The Morgan fingerprint density at radius 1 is 1.29 bits per heavy atom. The molecule has 0 saturated heterocycles. The Labute approximate surface area is 99.0 Å². The fourth-order valence-electron chi connectivity index (χ4n) is 1.62. The van der Waals surface area contributed by atoms with Crippen molar-refractivity contribution in [3.63, 3.8) is 0 Å². The second-order valence-corrected chi connectivity index (χ2v) is 9.68. The van der Waals surface area contributed by atoms with E-state index in [1.807, 2.05) is 19.6 Å². The third-order valence-corrected chi connectivity index (χ3v) is 4.34. The molecule has 0 aromatic heterocycles. The molecule has 17 heavy (non-hydrogen) atoms. The minimum absolute atomic E-state index is 0.0977. The normalized spacial score (nSPS) is 11.4. The zero-order chi connectivity index (χ0) is 13.4. The maximum absolute atomic E-state index is 13.9. The molecule has 0 fully saturated rings. The van der Waals surface area contributed by atoms with Gasteiger partial charge in [0.1, 0.15) is 11.3 Å². The summed E-state index contributed by atoms with van der Waals surface area (Å²) in [7, 11) is -0.858. The predicted molar refractivity (Wildman–Crippen MR) is 62.8 cm³/mol. The number of hydrogen-bond acceptors (Lipinski definition) is 2. The van der Waals surface area contributed by atoms with Crippen molar-refractivity contribution in [2.24, 2.45) is 0 Å². The largest absolute Gasteiger partial charge is 0.497 e. The van der Waals surface area contributed by atoms with Crippen molar-refractivity contribution >= 4 is 19.2 Å². The summed E-state index contributed by atoms with van der Waals surface area (Å²) in [5, 5.41) is 8.92. The topological polar surface area (TPSA) is 46.5 Å². The van der Waals surface area contributed by atoms with Crippen LogP contribution in [0.5, 0.6) is 5.75 Å². The van der Waals surface area contributed by atoms with Gasteiger partial charge in [-0.2, -0.15) is 0 Å². The van der Waals surface area contributed by atoms with Crippen molar-refractivity contribution in [3.8, 4) is 5.75 Å². The average Bonchev–Trinajstić information content (AvgIpc) is 2.19. The van der Waals surface area contributed by atoms with Gasteiger partial charge in [0.05, 0.1) is 15.2 Å². The molecule has 0 aliphatic heterocycles. The number of ether oxygens (including phenoxy) is 1. The van der Waals surface area contributed by atoms with Gasteiger partial charge in [-0.25, -0.2) is 13.6 Å². The highest BCUT2D eigenvalue weighted by Gasteiger charge is 2.30. The van der Waals surface area contributed by atoms with Gasteiger partial charge in [0.15, 0.2) is 11.6 Å². The molecule has 0 aliphatic carbocycles. The number of aromatic carboxylic acids is 1. The first-order valence-corrected chi connectivity index (χ1v) is 8.50. The highest BCUT2D eigenvalue weighted by atomic mass is 28.3. The van der Waals surface area contributed by atoms with Gasteiger partial charge in [0.25, 0.3) is 0 Å². The van der Waals surface area contributed by atoms with Crippen LogP contribution in [0.25, 0.3) is 0 Å². The van der Waals surface area contributed by atoms with Crippen LogP contribution in [0.2, 0.25) is 19.6 Å². The summed E-state index contributed by atoms with van der Waals surface area (Å²) in [5.74, 6) is -3.85. The van der Waals surface area contributed by atoms with Crippen molar-refractivity contribution in [3.05, 3.63) is 23.3 Å². The van der Waals surface area contributed by atoms with Crippen LogP contribution in [0, 0.1) is 11.6 Å². The number of carboxylic acids is 1. The Kier molecular flexibility index (Phi) is 3.56. The number of benzene rings is 1. The fraction of sp³-hybridized carbons (Fsp3) is 0.364. The smallest absolute Gasteiger partial charge is 0.338 e. The second kappa shape index (κ2) is 4.44.